The number of nitrogens with zero attached hydrogens (tertiary/aromatic N) is 1. The quantitative estimate of drug-likeness (QED) is 0.783. The first-order valence-corrected chi connectivity index (χ1v) is 8.86. The summed E-state index contributed by atoms with van der Waals surface area (Å²) < 4.78 is 10.5. The van der Waals surface area contributed by atoms with Crippen molar-refractivity contribution in [3.63, 3.8) is 0 Å². The molecule has 1 aromatic carbocycles. The van der Waals surface area contributed by atoms with Crippen LogP contribution in [0.5, 0.6) is 11.5 Å². The summed E-state index contributed by atoms with van der Waals surface area (Å²) in [5, 5.41) is 0. The normalized spacial score (nSPS) is 14.8. The topological polar surface area (TPSA) is 81.9 Å². The molecule has 0 aromatic heterocycles. The highest BCUT2D eigenvalue weighted by molar-refractivity contribution is 5.94. The molecule has 1 fully saturated rings. The first-order valence-electron chi connectivity index (χ1n) is 8.86. The van der Waals surface area contributed by atoms with Crippen molar-refractivity contribution in [2.75, 3.05) is 27.3 Å². The predicted molar refractivity (Wildman–Crippen MR) is 95.8 cm³/mol. The fraction of sp³-hybridized carbons (Fsp3) is 0.579. The molecule has 0 saturated heterocycles. The Morgan fingerprint density at radius 1 is 1.20 bits per heavy atom. The van der Waals surface area contributed by atoms with Crippen LogP contribution in [0.25, 0.3) is 0 Å². The van der Waals surface area contributed by atoms with Gasteiger partial charge in [-0.05, 0) is 30.5 Å². The molecule has 2 N–H and O–H groups in total. The molecule has 6 nitrogen and oxygen atoms in total. The van der Waals surface area contributed by atoms with Crippen LogP contribution >= 0.6 is 0 Å². The van der Waals surface area contributed by atoms with Gasteiger partial charge in [-0.15, -0.1) is 0 Å². The van der Waals surface area contributed by atoms with E-state index in [9.17, 15) is 9.59 Å². The highest BCUT2D eigenvalue weighted by atomic mass is 16.5. The van der Waals surface area contributed by atoms with Gasteiger partial charge in [-0.1, -0.05) is 32.1 Å². The average molecular weight is 348 g/mol. The standard InChI is InChI=1S/C19H28N2O4/c1-21(11-10-14-6-4-3-5-7-14)19(23)15-8-9-16(17(12-15)24-2)25-13-18(20)22/h8-9,12,14H,3-7,10-11,13H2,1-2H3,(H2,20,22). The fourth-order valence-corrected chi connectivity index (χ4v) is 3.24. The summed E-state index contributed by atoms with van der Waals surface area (Å²) in [6, 6.07) is 4.94. The number of amides is 2. The summed E-state index contributed by atoms with van der Waals surface area (Å²) in [7, 11) is 3.32. The van der Waals surface area contributed by atoms with Crippen LogP contribution in [0.4, 0.5) is 0 Å². The molecular weight excluding hydrogens is 320 g/mol. The minimum absolute atomic E-state index is 0.0458. The zero-order valence-corrected chi connectivity index (χ0v) is 15.1. The maximum Gasteiger partial charge on any atom is 0.255 e. The summed E-state index contributed by atoms with van der Waals surface area (Å²) in [4.78, 5) is 25.2. The Morgan fingerprint density at radius 3 is 2.56 bits per heavy atom. The van der Waals surface area contributed by atoms with E-state index in [2.05, 4.69) is 0 Å². The lowest BCUT2D eigenvalue weighted by Crippen LogP contribution is -2.29. The smallest absolute Gasteiger partial charge is 0.255 e. The van der Waals surface area contributed by atoms with Gasteiger partial charge in [-0.3, -0.25) is 9.59 Å². The van der Waals surface area contributed by atoms with Gasteiger partial charge in [0.25, 0.3) is 11.8 Å². The van der Waals surface area contributed by atoms with Crippen molar-refractivity contribution >= 4 is 11.8 Å². The second kappa shape index (κ2) is 9.30. The maximum absolute atomic E-state index is 12.6. The number of ether oxygens (including phenoxy) is 2. The van der Waals surface area contributed by atoms with Crippen molar-refractivity contribution in [1.29, 1.82) is 0 Å². The molecule has 0 unspecified atom stereocenters. The number of rotatable bonds is 8. The van der Waals surface area contributed by atoms with Gasteiger partial charge in [-0.2, -0.15) is 0 Å². The Bertz CT molecular complexity index is 597. The number of hydrogen-bond acceptors (Lipinski definition) is 4. The minimum Gasteiger partial charge on any atom is -0.493 e. The lowest BCUT2D eigenvalue weighted by molar-refractivity contribution is -0.119. The van der Waals surface area contributed by atoms with Crippen LogP contribution in [0.1, 0.15) is 48.9 Å². The Kier molecular flexibility index (Phi) is 7.10. The Hall–Kier alpha value is -2.24. The van der Waals surface area contributed by atoms with E-state index in [4.69, 9.17) is 15.2 Å². The highest BCUT2D eigenvalue weighted by Gasteiger charge is 2.18. The molecule has 1 saturated carbocycles. The molecular formula is C19H28N2O4. The second-order valence-corrected chi connectivity index (χ2v) is 6.64. The third-order valence-electron chi connectivity index (χ3n) is 4.72. The molecule has 1 aliphatic carbocycles. The Morgan fingerprint density at radius 2 is 1.92 bits per heavy atom. The van der Waals surface area contributed by atoms with Gasteiger partial charge >= 0.3 is 0 Å². The zero-order valence-electron chi connectivity index (χ0n) is 15.1. The van der Waals surface area contributed by atoms with Crippen LogP contribution < -0.4 is 15.2 Å². The summed E-state index contributed by atoms with van der Waals surface area (Å²) in [5.74, 6) is 0.929. The van der Waals surface area contributed by atoms with Crippen molar-refractivity contribution < 1.29 is 19.1 Å². The van der Waals surface area contributed by atoms with Crippen molar-refractivity contribution in [2.24, 2.45) is 11.7 Å². The van der Waals surface area contributed by atoms with Crippen LogP contribution in [0, 0.1) is 5.92 Å². The van der Waals surface area contributed by atoms with Gasteiger partial charge < -0.3 is 20.1 Å². The van der Waals surface area contributed by atoms with E-state index >= 15 is 0 Å². The lowest BCUT2D eigenvalue weighted by Gasteiger charge is -2.25. The summed E-state index contributed by atoms with van der Waals surface area (Å²) in [6.45, 7) is 0.524. The number of hydrogen-bond donors (Lipinski definition) is 1. The van der Waals surface area contributed by atoms with Gasteiger partial charge in [0.05, 0.1) is 7.11 Å². The van der Waals surface area contributed by atoms with Crippen LogP contribution in [-0.2, 0) is 4.79 Å². The molecule has 0 aliphatic heterocycles. The summed E-state index contributed by atoms with van der Waals surface area (Å²) >= 11 is 0. The molecule has 1 aliphatic rings. The SMILES string of the molecule is COc1cc(C(=O)N(C)CCC2CCCCC2)ccc1OCC(N)=O. The van der Waals surface area contributed by atoms with Crippen molar-refractivity contribution in [1.82, 2.24) is 4.90 Å². The lowest BCUT2D eigenvalue weighted by atomic mass is 9.87. The van der Waals surface area contributed by atoms with E-state index in [1.54, 1.807) is 23.1 Å². The largest absolute Gasteiger partial charge is 0.493 e. The van der Waals surface area contributed by atoms with E-state index < -0.39 is 5.91 Å². The number of carbonyl (C=O) groups is 2. The third-order valence-corrected chi connectivity index (χ3v) is 4.72. The number of carbonyl (C=O) groups excluding carboxylic acids is 2. The van der Waals surface area contributed by atoms with E-state index in [0.717, 1.165) is 18.9 Å². The molecule has 6 heteroatoms. The number of primary amides is 1. The number of benzene rings is 1. The summed E-state index contributed by atoms with van der Waals surface area (Å²) in [6.07, 6.45) is 7.58. The fourth-order valence-electron chi connectivity index (χ4n) is 3.24. The van der Waals surface area contributed by atoms with Crippen molar-refractivity contribution in [2.45, 2.75) is 38.5 Å². The van der Waals surface area contributed by atoms with Crippen LogP contribution in [-0.4, -0.2) is 44.0 Å². The molecule has 0 spiro atoms. The molecule has 0 atom stereocenters. The average Bonchev–Trinajstić information content (AvgIpc) is 2.64. The monoisotopic (exact) mass is 348 g/mol. The van der Waals surface area contributed by atoms with Crippen molar-refractivity contribution in [3.8, 4) is 11.5 Å². The van der Waals surface area contributed by atoms with Gasteiger partial charge in [0.2, 0.25) is 0 Å². The maximum atomic E-state index is 12.6. The molecule has 0 heterocycles. The number of methoxy groups -OCH3 is 1. The molecule has 2 amide bonds. The summed E-state index contributed by atoms with van der Waals surface area (Å²) in [5.41, 5.74) is 5.62. The first kappa shape index (κ1) is 19.1. The minimum atomic E-state index is -0.565. The molecule has 25 heavy (non-hydrogen) atoms. The highest BCUT2D eigenvalue weighted by Crippen LogP contribution is 2.29. The second-order valence-electron chi connectivity index (χ2n) is 6.64. The van der Waals surface area contributed by atoms with E-state index in [1.807, 2.05) is 7.05 Å². The van der Waals surface area contributed by atoms with Crippen molar-refractivity contribution in [3.05, 3.63) is 23.8 Å². The van der Waals surface area contributed by atoms with Gasteiger partial charge in [0.1, 0.15) is 0 Å². The molecule has 1 aromatic rings. The van der Waals surface area contributed by atoms with Crippen LogP contribution in [0.2, 0.25) is 0 Å². The molecule has 0 radical (unpaired) electrons. The third kappa shape index (κ3) is 5.66. The number of nitrogens with two attached hydrogens (primary N) is 1. The molecule has 0 bridgehead atoms. The van der Waals surface area contributed by atoms with Crippen LogP contribution in [0.15, 0.2) is 18.2 Å². The van der Waals surface area contributed by atoms with E-state index in [1.165, 1.54) is 39.2 Å². The Balaban J connectivity index is 1.96. The van der Waals surface area contributed by atoms with Gasteiger partial charge in [0, 0.05) is 19.2 Å². The Labute approximate surface area is 149 Å². The van der Waals surface area contributed by atoms with E-state index in [-0.39, 0.29) is 12.5 Å². The first-order chi connectivity index (χ1) is 12.0. The van der Waals surface area contributed by atoms with E-state index in [0.29, 0.717) is 17.1 Å². The molecule has 138 valence electrons. The van der Waals surface area contributed by atoms with Gasteiger partial charge in [-0.25, -0.2) is 0 Å². The predicted octanol–water partition coefficient (Wildman–Crippen LogP) is 2.60. The zero-order chi connectivity index (χ0) is 18.2. The van der Waals surface area contributed by atoms with Crippen LogP contribution in [0.3, 0.4) is 0 Å². The van der Waals surface area contributed by atoms with Gasteiger partial charge in [0.15, 0.2) is 18.1 Å². The molecule has 2 rings (SSSR count).